The Morgan fingerprint density at radius 3 is 2.82 bits per heavy atom. The molecule has 0 saturated carbocycles. The van der Waals surface area contributed by atoms with E-state index in [1.165, 1.54) is 31.5 Å². The van der Waals surface area contributed by atoms with Crippen LogP contribution in [-0.2, 0) is 0 Å². The van der Waals surface area contributed by atoms with Crippen molar-refractivity contribution in [3.63, 3.8) is 0 Å². The quantitative estimate of drug-likeness (QED) is 0.581. The van der Waals surface area contributed by atoms with E-state index < -0.39 is 0 Å². The van der Waals surface area contributed by atoms with Crippen LogP contribution in [0.5, 0.6) is 5.75 Å². The number of aliphatic imine (C=N–C) groups is 1. The second-order valence-corrected chi connectivity index (χ2v) is 8.13. The van der Waals surface area contributed by atoms with Gasteiger partial charge in [-0.2, -0.15) is 0 Å². The minimum absolute atomic E-state index is 0.389. The summed E-state index contributed by atoms with van der Waals surface area (Å²) >= 11 is 0. The number of benzene rings is 1. The van der Waals surface area contributed by atoms with Crippen LogP contribution in [0.25, 0.3) is 0 Å². The average molecular weight is 388 g/mol. The predicted molar refractivity (Wildman–Crippen MR) is 118 cm³/mol. The Bertz CT molecular complexity index is 650. The van der Waals surface area contributed by atoms with Crippen LogP contribution >= 0.6 is 0 Å². The topological polar surface area (TPSA) is 52.1 Å². The lowest BCUT2D eigenvalue weighted by atomic mass is 10.0. The molecule has 6 nitrogen and oxygen atoms in total. The van der Waals surface area contributed by atoms with Crippen molar-refractivity contribution in [1.82, 2.24) is 15.5 Å². The average Bonchev–Trinajstić information content (AvgIpc) is 3.19. The third-order valence-electron chi connectivity index (χ3n) is 6.16. The zero-order chi connectivity index (χ0) is 19.9. The first-order chi connectivity index (χ1) is 13.6. The smallest absolute Gasteiger partial charge is 0.191 e. The molecule has 1 aromatic carbocycles. The Morgan fingerprint density at radius 2 is 2.07 bits per heavy atom. The molecule has 28 heavy (non-hydrogen) atoms. The Hall–Kier alpha value is -1.95. The van der Waals surface area contributed by atoms with E-state index in [0.29, 0.717) is 18.1 Å². The van der Waals surface area contributed by atoms with Gasteiger partial charge in [0.15, 0.2) is 5.96 Å². The monoisotopic (exact) mass is 387 g/mol. The van der Waals surface area contributed by atoms with Crippen LogP contribution in [0.3, 0.4) is 0 Å². The number of nitrogens with one attached hydrogen (secondary N) is 2. The Morgan fingerprint density at radius 1 is 1.25 bits per heavy atom. The van der Waals surface area contributed by atoms with Crippen molar-refractivity contribution in [2.45, 2.75) is 57.7 Å². The molecule has 2 aliphatic heterocycles. The summed E-state index contributed by atoms with van der Waals surface area (Å²) in [5, 5.41) is 7.16. The number of para-hydroxylation sites is 2. The van der Waals surface area contributed by atoms with Crippen LogP contribution in [0, 0.1) is 0 Å². The fourth-order valence-corrected chi connectivity index (χ4v) is 4.51. The summed E-state index contributed by atoms with van der Waals surface area (Å²) in [6.07, 6.45) is 5.10. The number of piperidine rings is 1. The highest BCUT2D eigenvalue weighted by Crippen LogP contribution is 2.30. The molecule has 3 atom stereocenters. The highest BCUT2D eigenvalue weighted by molar-refractivity contribution is 5.80. The standard InChI is InChI=1S/C22H37N5O/c1-17-9-7-8-13-27(17)18(2)15-24-22(23-3)25-19-12-14-26(16-19)20-10-5-6-11-21(20)28-4/h5-6,10-11,17-19H,7-9,12-16H2,1-4H3,(H2,23,24,25). The zero-order valence-corrected chi connectivity index (χ0v) is 17.9. The number of methoxy groups -OCH3 is 1. The predicted octanol–water partition coefficient (Wildman–Crippen LogP) is 2.70. The summed E-state index contributed by atoms with van der Waals surface area (Å²) in [6.45, 7) is 8.80. The summed E-state index contributed by atoms with van der Waals surface area (Å²) in [6, 6.07) is 9.84. The second-order valence-electron chi connectivity index (χ2n) is 8.13. The van der Waals surface area contributed by atoms with Gasteiger partial charge >= 0.3 is 0 Å². The Labute approximate surface area is 170 Å². The van der Waals surface area contributed by atoms with Gasteiger partial charge in [-0.15, -0.1) is 0 Å². The molecule has 0 aromatic heterocycles. The molecule has 1 aromatic rings. The van der Waals surface area contributed by atoms with Gasteiger partial charge in [0.2, 0.25) is 0 Å². The molecule has 156 valence electrons. The number of likely N-dealkylation sites (tertiary alicyclic amines) is 1. The molecule has 3 rings (SSSR count). The van der Waals surface area contributed by atoms with Gasteiger partial charge in [0.25, 0.3) is 0 Å². The Kier molecular flexibility index (Phi) is 7.43. The van der Waals surface area contributed by atoms with Crippen molar-refractivity contribution in [2.24, 2.45) is 4.99 Å². The number of ether oxygens (including phenoxy) is 1. The van der Waals surface area contributed by atoms with Crippen LogP contribution in [0.2, 0.25) is 0 Å². The third kappa shape index (κ3) is 5.10. The lowest BCUT2D eigenvalue weighted by molar-refractivity contribution is 0.115. The van der Waals surface area contributed by atoms with Crippen molar-refractivity contribution in [3.05, 3.63) is 24.3 Å². The molecular weight excluding hydrogens is 350 g/mol. The largest absolute Gasteiger partial charge is 0.495 e. The van der Waals surface area contributed by atoms with Crippen molar-refractivity contribution < 1.29 is 4.74 Å². The summed E-state index contributed by atoms with van der Waals surface area (Å²) in [4.78, 5) is 9.47. The fourth-order valence-electron chi connectivity index (χ4n) is 4.51. The number of hydrogen-bond acceptors (Lipinski definition) is 4. The second kappa shape index (κ2) is 10.0. The molecule has 0 aliphatic carbocycles. The van der Waals surface area contributed by atoms with Gasteiger partial charge in [0.1, 0.15) is 5.75 Å². The number of anilines is 1. The molecule has 0 spiro atoms. The van der Waals surface area contributed by atoms with Gasteiger partial charge in [-0.05, 0) is 51.8 Å². The molecular formula is C22H37N5O. The lowest BCUT2D eigenvalue weighted by Crippen LogP contribution is -2.51. The number of rotatable bonds is 6. The van der Waals surface area contributed by atoms with Gasteiger partial charge in [-0.25, -0.2) is 0 Å². The molecule has 2 N–H and O–H groups in total. The van der Waals surface area contributed by atoms with E-state index in [9.17, 15) is 0 Å². The van der Waals surface area contributed by atoms with Crippen LogP contribution in [-0.4, -0.2) is 69.3 Å². The lowest BCUT2D eigenvalue weighted by Gasteiger charge is -2.38. The van der Waals surface area contributed by atoms with Gasteiger partial charge in [0.05, 0.1) is 12.8 Å². The molecule has 0 amide bonds. The first kappa shape index (κ1) is 20.8. The van der Waals surface area contributed by atoms with Gasteiger partial charge in [-0.3, -0.25) is 9.89 Å². The van der Waals surface area contributed by atoms with E-state index in [1.807, 2.05) is 19.2 Å². The maximum Gasteiger partial charge on any atom is 0.191 e. The zero-order valence-electron chi connectivity index (χ0n) is 17.9. The maximum absolute atomic E-state index is 5.52. The van der Waals surface area contributed by atoms with Crippen LogP contribution in [0.1, 0.15) is 39.5 Å². The third-order valence-corrected chi connectivity index (χ3v) is 6.16. The minimum atomic E-state index is 0.389. The van der Waals surface area contributed by atoms with Crippen LogP contribution < -0.4 is 20.3 Å². The maximum atomic E-state index is 5.52. The summed E-state index contributed by atoms with van der Waals surface area (Å²) in [5.74, 6) is 1.85. The fraction of sp³-hybridized carbons (Fsp3) is 0.682. The summed E-state index contributed by atoms with van der Waals surface area (Å²) in [5.41, 5.74) is 1.17. The van der Waals surface area contributed by atoms with Crippen LogP contribution in [0.4, 0.5) is 5.69 Å². The van der Waals surface area contributed by atoms with Crippen molar-refractivity contribution in [2.75, 3.05) is 45.2 Å². The van der Waals surface area contributed by atoms with E-state index in [-0.39, 0.29) is 0 Å². The molecule has 0 radical (unpaired) electrons. The molecule has 0 bridgehead atoms. The molecule has 2 heterocycles. The first-order valence-corrected chi connectivity index (χ1v) is 10.7. The SMILES string of the molecule is CN=C(NCC(C)N1CCCCC1C)NC1CCN(c2ccccc2OC)C1. The van der Waals surface area contributed by atoms with E-state index >= 15 is 0 Å². The van der Waals surface area contributed by atoms with E-state index in [1.54, 1.807) is 7.11 Å². The number of guanidine groups is 1. The highest BCUT2D eigenvalue weighted by atomic mass is 16.5. The normalized spacial score (nSPS) is 24.9. The Balaban J connectivity index is 1.49. The highest BCUT2D eigenvalue weighted by Gasteiger charge is 2.26. The van der Waals surface area contributed by atoms with Gasteiger partial charge in [-0.1, -0.05) is 18.6 Å². The first-order valence-electron chi connectivity index (χ1n) is 10.7. The van der Waals surface area contributed by atoms with Gasteiger partial charge < -0.3 is 20.3 Å². The molecule has 2 saturated heterocycles. The van der Waals surface area contributed by atoms with E-state index in [0.717, 1.165) is 37.8 Å². The number of hydrogen-bond donors (Lipinski definition) is 2. The molecule has 2 fully saturated rings. The number of nitrogens with zero attached hydrogens (tertiary/aromatic N) is 3. The minimum Gasteiger partial charge on any atom is -0.495 e. The molecule has 3 unspecified atom stereocenters. The van der Waals surface area contributed by atoms with Gasteiger partial charge in [0, 0.05) is 44.8 Å². The van der Waals surface area contributed by atoms with Crippen molar-refractivity contribution in [3.8, 4) is 5.75 Å². The molecule has 2 aliphatic rings. The summed E-state index contributed by atoms with van der Waals surface area (Å²) < 4.78 is 5.52. The van der Waals surface area contributed by atoms with E-state index in [4.69, 9.17) is 4.74 Å². The van der Waals surface area contributed by atoms with Crippen LogP contribution in [0.15, 0.2) is 29.3 Å². The van der Waals surface area contributed by atoms with E-state index in [2.05, 4.69) is 51.4 Å². The molecule has 6 heteroatoms. The summed E-state index contributed by atoms with van der Waals surface area (Å²) in [7, 11) is 3.59. The van der Waals surface area contributed by atoms with Crippen molar-refractivity contribution >= 4 is 11.6 Å². The van der Waals surface area contributed by atoms with Crippen molar-refractivity contribution in [1.29, 1.82) is 0 Å².